The van der Waals surface area contributed by atoms with Gasteiger partial charge in [-0.3, -0.25) is 14.5 Å². The second-order valence-electron chi connectivity index (χ2n) is 12.2. The van der Waals surface area contributed by atoms with Gasteiger partial charge in [0, 0.05) is 45.1 Å². The molecule has 42 heavy (non-hydrogen) atoms. The summed E-state index contributed by atoms with van der Waals surface area (Å²) in [7, 11) is 0. The maximum atomic E-state index is 13.8. The van der Waals surface area contributed by atoms with Crippen molar-refractivity contribution in [1.29, 1.82) is 5.26 Å². The Morgan fingerprint density at radius 1 is 1.02 bits per heavy atom. The molecule has 2 saturated heterocycles. The molecule has 0 bridgehead atoms. The van der Waals surface area contributed by atoms with Crippen molar-refractivity contribution in [1.82, 2.24) is 15.1 Å². The van der Waals surface area contributed by atoms with Crippen molar-refractivity contribution in [3.8, 4) is 11.8 Å². The number of carbonyl (C=O) groups excluding carboxylic acids is 2. The highest BCUT2D eigenvalue weighted by Crippen LogP contribution is 2.32. The van der Waals surface area contributed by atoms with Gasteiger partial charge in [-0.2, -0.15) is 5.26 Å². The van der Waals surface area contributed by atoms with Crippen molar-refractivity contribution in [3.63, 3.8) is 0 Å². The van der Waals surface area contributed by atoms with Crippen LogP contribution in [0.4, 0.5) is 0 Å². The number of morpholine rings is 1. The number of nitrogens with one attached hydrogen (secondary N) is 1. The molecule has 8 heteroatoms. The van der Waals surface area contributed by atoms with Crippen LogP contribution in [-0.2, 0) is 27.5 Å². The zero-order valence-corrected chi connectivity index (χ0v) is 24.6. The molecule has 2 aromatic carbocycles. The van der Waals surface area contributed by atoms with Crippen molar-refractivity contribution in [2.24, 2.45) is 11.8 Å². The van der Waals surface area contributed by atoms with Gasteiger partial charge in [0.2, 0.25) is 11.8 Å². The molecule has 0 radical (unpaired) electrons. The summed E-state index contributed by atoms with van der Waals surface area (Å²) in [5.41, 5.74) is 1.27. The van der Waals surface area contributed by atoms with Crippen molar-refractivity contribution < 1.29 is 19.1 Å². The fraction of sp³-hybridized carbons (Fsp3) is 0.559. The summed E-state index contributed by atoms with van der Waals surface area (Å²) >= 11 is 0. The van der Waals surface area contributed by atoms with Crippen LogP contribution in [0, 0.1) is 23.2 Å². The van der Waals surface area contributed by atoms with E-state index in [2.05, 4.69) is 22.4 Å². The van der Waals surface area contributed by atoms with E-state index >= 15 is 0 Å². The molecule has 3 fully saturated rings. The maximum Gasteiger partial charge on any atom is 0.224 e. The summed E-state index contributed by atoms with van der Waals surface area (Å²) in [6.45, 7) is 4.58. The Morgan fingerprint density at radius 2 is 1.79 bits per heavy atom. The third kappa shape index (κ3) is 8.33. The lowest BCUT2D eigenvalue weighted by Gasteiger charge is -2.32. The van der Waals surface area contributed by atoms with Gasteiger partial charge in [-0.15, -0.1) is 0 Å². The molecule has 3 aliphatic rings. The molecule has 2 amide bonds. The Kier molecular flexibility index (Phi) is 10.5. The zero-order valence-electron chi connectivity index (χ0n) is 24.6. The fourth-order valence-corrected chi connectivity index (χ4v) is 6.58. The summed E-state index contributed by atoms with van der Waals surface area (Å²) in [5, 5.41) is 13.4. The lowest BCUT2D eigenvalue weighted by Crippen LogP contribution is -2.52. The highest BCUT2D eigenvalue weighted by atomic mass is 16.5. The van der Waals surface area contributed by atoms with Gasteiger partial charge in [-0.1, -0.05) is 74.6 Å². The number of likely N-dealkylation sites (tertiary alicyclic amines) is 1. The van der Waals surface area contributed by atoms with Crippen molar-refractivity contribution in [2.75, 3.05) is 39.4 Å². The molecule has 0 aromatic heterocycles. The van der Waals surface area contributed by atoms with Gasteiger partial charge in [0.1, 0.15) is 17.9 Å². The van der Waals surface area contributed by atoms with Crippen LogP contribution < -0.4 is 10.1 Å². The Hall–Kier alpha value is -3.41. The van der Waals surface area contributed by atoms with E-state index in [0.717, 1.165) is 29.7 Å². The Labute approximate surface area is 250 Å². The first-order chi connectivity index (χ1) is 20.5. The van der Waals surface area contributed by atoms with Crippen LogP contribution in [0.2, 0.25) is 0 Å². The zero-order chi connectivity index (χ0) is 29.2. The first kappa shape index (κ1) is 30.1. The standard InChI is InChI=1S/C34H44N4O4/c35-25-34(14-15-37(26-34)23-29-12-7-13-31(21-29)42-24-28-10-5-2-6-11-28)36-33(40)30(20-27-8-3-1-4-9-27)22-32(39)38-16-18-41-19-17-38/h2,5-7,10-13,21,27,30H,1,3-4,8-9,14-20,22-24,26H2,(H,36,40). The molecule has 8 nitrogen and oxygen atoms in total. The second-order valence-corrected chi connectivity index (χ2v) is 12.2. The van der Waals surface area contributed by atoms with Gasteiger partial charge < -0.3 is 19.7 Å². The third-order valence-corrected chi connectivity index (χ3v) is 8.98. The first-order valence-corrected chi connectivity index (χ1v) is 15.6. The normalized spacial score (nSPS) is 22.3. The average Bonchev–Trinajstić information content (AvgIpc) is 3.43. The van der Waals surface area contributed by atoms with Crippen molar-refractivity contribution >= 4 is 11.8 Å². The molecular formula is C34H44N4O4. The minimum Gasteiger partial charge on any atom is -0.489 e. The minimum atomic E-state index is -0.953. The smallest absolute Gasteiger partial charge is 0.224 e. The van der Waals surface area contributed by atoms with Gasteiger partial charge in [0.15, 0.2) is 0 Å². The fourth-order valence-electron chi connectivity index (χ4n) is 6.58. The molecule has 0 spiro atoms. The molecule has 2 unspecified atom stereocenters. The van der Waals surface area contributed by atoms with Crippen LogP contribution in [0.15, 0.2) is 54.6 Å². The highest BCUT2D eigenvalue weighted by Gasteiger charge is 2.41. The first-order valence-electron chi connectivity index (χ1n) is 15.6. The summed E-state index contributed by atoms with van der Waals surface area (Å²) in [4.78, 5) is 31.0. The summed E-state index contributed by atoms with van der Waals surface area (Å²) < 4.78 is 11.4. The van der Waals surface area contributed by atoms with Crippen LogP contribution in [-0.4, -0.2) is 66.5 Å². The number of rotatable bonds is 11. The molecule has 1 saturated carbocycles. The van der Waals surface area contributed by atoms with E-state index in [1.807, 2.05) is 53.4 Å². The molecule has 2 heterocycles. The Bertz CT molecular complexity index is 1220. The van der Waals surface area contributed by atoms with Gasteiger partial charge in [-0.05, 0) is 42.0 Å². The SMILES string of the molecule is N#CC1(NC(=O)C(CC(=O)N2CCOCC2)CC2CCCCC2)CCN(Cc2cccc(OCc3ccccc3)c2)C1. The van der Waals surface area contributed by atoms with E-state index in [-0.39, 0.29) is 18.2 Å². The number of benzene rings is 2. The lowest BCUT2D eigenvalue weighted by atomic mass is 9.81. The number of carbonyl (C=O) groups is 2. The third-order valence-electron chi connectivity index (χ3n) is 8.98. The quantitative estimate of drug-likeness (QED) is 0.420. The molecule has 5 rings (SSSR count). The summed E-state index contributed by atoms with van der Waals surface area (Å²) in [6, 6.07) is 20.6. The van der Waals surface area contributed by atoms with E-state index in [4.69, 9.17) is 9.47 Å². The molecule has 2 atom stereocenters. The molecule has 1 aliphatic carbocycles. The number of ether oxygens (including phenoxy) is 2. The second kappa shape index (κ2) is 14.7. The molecule has 1 N–H and O–H groups in total. The van der Waals surface area contributed by atoms with Crippen LogP contribution >= 0.6 is 0 Å². The van der Waals surface area contributed by atoms with Gasteiger partial charge >= 0.3 is 0 Å². The van der Waals surface area contributed by atoms with Gasteiger partial charge in [0.05, 0.1) is 19.3 Å². The van der Waals surface area contributed by atoms with Crippen LogP contribution in [0.5, 0.6) is 5.75 Å². The van der Waals surface area contributed by atoms with E-state index in [1.165, 1.54) is 19.3 Å². The average molecular weight is 573 g/mol. The van der Waals surface area contributed by atoms with Gasteiger partial charge in [0.25, 0.3) is 0 Å². The molecule has 224 valence electrons. The van der Waals surface area contributed by atoms with Crippen LogP contribution in [0.25, 0.3) is 0 Å². The topological polar surface area (TPSA) is 94.9 Å². The number of hydrogen-bond acceptors (Lipinski definition) is 6. The summed E-state index contributed by atoms with van der Waals surface area (Å²) in [6.07, 6.45) is 7.31. The molecular weight excluding hydrogens is 528 g/mol. The number of amides is 2. The Balaban J connectivity index is 1.19. The number of nitrogens with zero attached hydrogens (tertiary/aromatic N) is 3. The van der Waals surface area contributed by atoms with Crippen LogP contribution in [0.3, 0.4) is 0 Å². The maximum absolute atomic E-state index is 13.8. The van der Waals surface area contributed by atoms with E-state index in [0.29, 0.717) is 71.3 Å². The highest BCUT2D eigenvalue weighted by molar-refractivity contribution is 5.86. The Morgan fingerprint density at radius 3 is 2.55 bits per heavy atom. The van der Waals surface area contributed by atoms with E-state index in [1.54, 1.807) is 0 Å². The monoisotopic (exact) mass is 572 g/mol. The predicted molar refractivity (Wildman–Crippen MR) is 160 cm³/mol. The predicted octanol–water partition coefficient (Wildman–Crippen LogP) is 4.69. The number of nitriles is 1. The molecule has 2 aliphatic heterocycles. The van der Waals surface area contributed by atoms with Crippen molar-refractivity contribution in [3.05, 3.63) is 65.7 Å². The largest absolute Gasteiger partial charge is 0.489 e. The van der Waals surface area contributed by atoms with Gasteiger partial charge in [-0.25, -0.2) is 0 Å². The van der Waals surface area contributed by atoms with E-state index in [9.17, 15) is 14.9 Å². The van der Waals surface area contributed by atoms with Crippen molar-refractivity contribution in [2.45, 2.75) is 70.1 Å². The molecule has 2 aromatic rings. The minimum absolute atomic E-state index is 0.0164. The summed E-state index contributed by atoms with van der Waals surface area (Å²) in [5.74, 6) is 0.720. The van der Waals surface area contributed by atoms with E-state index < -0.39 is 11.5 Å². The number of hydrogen-bond donors (Lipinski definition) is 1. The van der Waals surface area contributed by atoms with Crippen LogP contribution in [0.1, 0.15) is 62.5 Å². The lowest BCUT2D eigenvalue weighted by molar-refractivity contribution is -0.140.